The van der Waals surface area contributed by atoms with Crippen molar-refractivity contribution in [3.8, 4) is 16.9 Å². The minimum Gasteiger partial charge on any atom is -0.508 e. The van der Waals surface area contributed by atoms with Gasteiger partial charge in [-0.3, -0.25) is 4.79 Å². The van der Waals surface area contributed by atoms with Gasteiger partial charge in [0.05, 0.1) is 0 Å². The molecule has 0 amide bonds. The molecule has 3 rings (SSSR count). The number of fused-ring (bicyclic) bond motifs is 1. The van der Waals surface area contributed by atoms with E-state index in [1.807, 2.05) is 26.0 Å². The fraction of sp³-hybridized carbons (Fsp3) is 0.235. The molecule has 96 valence electrons. The van der Waals surface area contributed by atoms with Gasteiger partial charge < -0.3 is 5.11 Å². The molecular weight excluding hydrogens is 236 g/mol. The highest BCUT2D eigenvalue weighted by Crippen LogP contribution is 2.37. The van der Waals surface area contributed by atoms with Crippen LogP contribution in [0.5, 0.6) is 5.75 Å². The van der Waals surface area contributed by atoms with E-state index in [0.29, 0.717) is 12.2 Å². The highest BCUT2D eigenvalue weighted by atomic mass is 16.3. The Labute approximate surface area is 112 Å². The molecule has 2 aromatic rings. The third-order valence-electron chi connectivity index (χ3n) is 3.87. The molecule has 0 radical (unpaired) electrons. The zero-order chi connectivity index (χ0) is 13.6. The van der Waals surface area contributed by atoms with E-state index in [1.165, 1.54) is 0 Å². The third kappa shape index (κ3) is 1.84. The molecule has 0 spiro atoms. The number of carbonyl (C=O) groups is 1. The Bertz CT molecular complexity index is 661. The van der Waals surface area contributed by atoms with Gasteiger partial charge in [0.2, 0.25) is 0 Å². The molecule has 0 heterocycles. The van der Waals surface area contributed by atoms with Crippen LogP contribution in [-0.2, 0) is 6.42 Å². The summed E-state index contributed by atoms with van der Waals surface area (Å²) in [5.41, 5.74) is 6.40. The van der Waals surface area contributed by atoms with Crippen molar-refractivity contribution in [2.75, 3.05) is 0 Å². The molecule has 1 N–H and O–H groups in total. The summed E-state index contributed by atoms with van der Waals surface area (Å²) >= 11 is 0. The van der Waals surface area contributed by atoms with E-state index in [1.54, 1.807) is 12.1 Å². The average molecular weight is 252 g/mol. The van der Waals surface area contributed by atoms with E-state index in [2.05, 4.69) is 6.07 Å². The molecule has 0 unspecified atom stereocenters. The molecule has 19 heavy (non-hydrogen) atoms. The Morgan fingerprint density at radius 2 is 1.63 bits per heavy atom. The van der Waals surface area contributed by atoms with Crippen molar-refractivity contribution < 1.29 is 9.90 Å². The van der Waals surface area contributed by atoms with Crippen molar-refractivity contribution in [2.24, 2.45) is 0 Å². The monoisotopic (exact) mass is 252 g/mol. The van der Waals surface area contributed by atoms with Gasteiger partial charge in [-0.25, -0.2) is 0 Å². The number of rotatable bonds is 1. The van der Waals surface area contributed by atoms with Crippen LogP contribution >= 0.6 is 0 Å². The molecule has 0 saturated carbocycles. The number of hydrogen-bond acceptors (Lipinski definition) is 2. The van der Waals surface area contributed by atoms with Crippen LogP contribution in [0.25, 0.3) is 11.1 Å². The summed E-state index contributed by atoms with van der Waals surface area (Å²) < 4.78 is 0. The fourth-order valence-electron chi connectivity index (χ4n) is 3.09. The van der Waals surface area contributed by atoms with Crippen LogP contribution in [0, 0.1) is 13.8 Å². The van der Waals surface area contributed by atoms with E-state index in [9.17, 15) is 9.90 Å². The van der Waals surface area contributed by atoms with Gasteiger partial charge in [-0.15, -0.1) is 0 Å². The van der Waals surface area contributed by atoms with Gasteiger partial charge in [0.1, 0.15) is 5.75 Å². The van der Waals surface area contributed by atoms with E-state index < -0.39 is 0 Å². The van der Waals surface area contributed by atoms with Gasteiger partial charge in [-0.05, 0) is 60.2 Å². The summed E-state index contributed by atoms with van der Waals surface area (Å²) in [4.78, 5) is 11.8. The molecule has 2 aromatic carbocycles. The molecule has 0 saturated heterocycles. The predicted molar refractivity (Wildman–Crippen MR) is 75.7 cm³/mol. The molecule has 0 bridgehead atoms. The van der Waals surface area contributed by atoms with Crippen LogP contribution in [0.3, 0.4) is 0 Å². The Hall–Kier alpha value is -2.09. The molecule has 0 fully saturated rings. The number of phenolic OH excluding ortho intramolecular Hbond substituents is 1. The maximum absolute atomic E-state index is 11.8. The topological polar surface area (TPSA) is 37.3 Å². The third-order valence-corrected chi connectivity index (χ3v) is 3.87. The van der Waals surface area contributed by atoms with Crippen molar-refractivity contribution in [3.05, 3.63) is 52.6 Å². The molecule has 0 aromatic heterocycles. The lowest BCUT2D eigenvalue weighted by atomic mass is 9.90. The Balaban J connectivity index is 2.28. The lowest BCUT2D eigenvalue weighted by Gasteiger charge is -2.14. The van der Waals surface area contributed by atoms with Crippen molar-refractivity contribution in [1.82, 2.24) is 0 Å². The van der Waals surface area contributed by atoms with E-state index in [0.717, 1.165) is 39.8 Å². The average Bonchev–Trinajstić information content (AvgIpc) is 2.71. The highest BCUT2D eigenvalue weighted by Gasteiger charge is 2.23. The minimum atomic E-state index is 0.242. The van der Waals surface area contributed by atoms with Crippen LogP contribution in [0.1, 0.15) is 33.5 Å². The van der Waals surface area contributed by atoms with Crippen molar-refractivity contribution >= 4 is 5.78 Å². The number of ketones is 1. The van der Waals surface area contributed by atoms with E-state index >= 15 is 0 Å². The number of phenols is 1. The van der Waals surface area contributed by atoms with Crippen LogP contribution in [0.2, 0.25) is 0 Å². The van der Waals surface area contributed by atoms with Gasteiger partial charge in [-0.2, -0.15) is 0 Å². The van der Waals surface area contributed by atoms with Gasteiger partial charge in [0.15, 0.2) is 5.78 Å². The first-order chi connectivity index (χ1) is 9.08. The molecule has 1 aliphatic rings. The largest absolute Gasteiger partial charge is 0.508 e. The number of carbonyl (C=O) groups excluding carboxylic acids is 1. The molecule has 1 aliphatic carbocycles. The predicted octanol–water partition coefficient (Wildman–Crippen LogP) is 3.80. The van der Waals surface area contributed by atoms with Crippen LogP contribution in [0.15, 0.2) is 30.3 Å². The summed E-state index contributed by atoms with van der Waals surface area (Å²) in [6, 6.07) is 9.49. The van der Waals surface area contributed by atoms with Crippen molar-refractivity contribution in [2.45, 2.75) is 26.7 Å². The first-order valence-corrected chi connectivity index (χ1v) is 6.53. The maximum atomic E-state index is 11.8. The number of aromatic hydroxyl groups is 1. The van der Waals surface area contributed by atoms with Crippen LogP contribution in [-0.4, -0.2) is 10.9 Å². The lowest BCUT2D eigenvalue weighted by Crippen LogP contribution is -1.95. The normalized spacial score (nSPS) is 13.7. The van der Waals surface area contributed by atoms with Gasteiger partial charge >= 0.3 is 0 Å². The standard InChI is InChI=1S/C17H16O2/c1-10-8-12(18)9-11(2)17(10)15-5-3-4-14-13(15)6-7-16(14)19/h3-5,8-9,18H,6-7H2,1-2H3. The second-order valence-corrected chi connectivity index (χ2v) is 5.21. The first kappa shape index (κ1) is 12.0. The molecule has 2 heteroatoms. The van der Waals surface area contributed by atoms with Gasteiger partial charge in [-0.1, -0.05) is 18.2 Å². The summed E-state index contributed by atoms with van der Waals surface area (Å²) in [6.45, 7) is 4.00. The summed E-state index contributed by atoms with van der Waals surface area (Å²) in [7, 11) is 0. The summed E-state index contributed by atoms with van der Waals surface area (Å²) in [5, 5.41) is 9.65. The maximum Gasteiger partial charge on any atom is 0.163 e. The van der Waals surface area contributed by atoms with E-state index in [-0.39, 0.29) is 5.78 Å². The number of hydrogen-bond donors (Lipinski definition) is 1. The minimum absolute atomic E-state index is 0.242. The molecule has 0 aliphatic heterocycles. The second-order valence-electron chi connectivity index (χ2n) is 5.21. The Kier molecular flexibility index (Phi) is 2.67. The SMILES string of the molecule is Cc1cc(O)cc(C)c1-c1cccc2c1CCC2=O. The van der Waals surface area contributed by atoms with E-state index in [4.69, 9.17) is 0 Å². The molecule has 2 nitrogen and oxygen atoms in total. The Morgan fingerprint density at radius 3 is 2.32 bits per heavy atom. The van der Waals surface area contributed by atoms with Crippen LogP contribution in [0.4, 0.5) is 0 Å². The fourth-order valence-corrected chi connectivity index (χ4v) is 3.09. The van der Waals surface area contributed by atoms with Gasteiger partial charge in [0.25, 0.3) is 0 Å². The zero-order valence-corrected chi connectivity index (χ0v) is 11.2. The number of Topliss-reactive ketones (excluding diaryl/α,β-unsaturated/α-hetero) is 1. The quantitative estimate of drug-likeness (QED) is 0.838. The van der Waals surface area contributed by atoms with Gasteiger partial charge in [0, 0.05) is 12.0 Å². The second kappa shape index (κ2) is 4.23. The van der Waals surface area contributed by atoms with Crippen molar-refractivity contribution in [3.63, 3.8) is 0 Å². The zero-order valence-electron chi connectivity index (χ0n) is 11.2. The van der Waals surface area contributed by atoms with Crippen molar-refractivity contribution in [1.29, 1.82) is 0 Å². The number of benzene rings is 2. The molecular formula is C17H16O2. The first-order valence-electron chi connectivity index (χ1n) is 6.53. The van der Waals surface area contributed by atoms with Crippen LogP contribution < -0.4 is 0 Å². The smallest absolute Gasteiger partial charge is 0.163 e. The summed E-state index contributed by atoms with van der Waals surface area (Å²) in [6.07, 6.45) is 1.44. The number of aryl methyl sites for hydroxylation is 2. The molecule has 0 atom stereocenters. The lowest BCUT2D eigenvalue weighted by molar-refractivity contribution is 0.0994. The summed E-state index contributed by atoms with van der Waals surface area (Å²) in [5.74, 6) is 0.535. The highest BCUT2D eigenvalue weighted by molar-refractivity contribution is 6.02. The Morgan fingerprint density at radius 1 is 1.00 bits per heavy atom.